The second-order valence-corrected chi connectivity index (χ2v) is 10.6. The molecule has 0 radical (unpaired) electrons. The van der Waals surface area contributed by atoms with Crippen molar-refractivity contribution in [3.05, 3.63) is 51.4 Å². The number of piperidine rings is 1. The minimum atomic E-state index is -3.64. The fourth-order valence-corrected chi connectivity index (χ4v) is 6.46. The molecule has 0 bridgehead atoms. The van der Waals surface area contributed by atoms with Crippen molar-refractivity contribution in [2.75, 3.05) is 5.32 Å². The zero-order valence-electron chi connectivity index (χ0n) is 19.6. The summed E-state index contributed by atoms with van der Waals surface area (Å²) in [6.45, 7) is 3.65. The van der Waals surface area contributed by atoms with Crippen LogP contribution >= 0.6 is 0 Å². The molecule has 182 valence electrons. The number of fused-ring (bicyclic) bond motifs is 1. The van der Waals surface area contributed by atoms with E-state index in [4.69, 9.17) is 0 Å². The van der Waals surface area contributed by atoms with Gasteiger partial charge in [-0.2, -0.15) is 4.31 Å². The molecule has 0 aliphatic carbocycles. The van der Waals surface area contributed by atoms with Crippen LogP contribution in [-0.2, 0) is 35.5 Å². The summed E-state index contributed by atoms with van der Waals surface area (Å²) < 4.78 is 31.5. The Balaban J connectivity index is 1.52. The first-order valence-electron chi connectivity index (χ1n) is 11.1. The van der Waals surface area contributed by atoms with Crippen molar-refractivity contribution in [1.29, 1.82) is 0 Å². The molecule has 2 aromatic heterocycles. The quantitative estimate of drug-likeness (QED) is 0.571. The smallest absolute Gasteiger partial charge is 0.325 e. The molecule has 1 saturated heterocycles. The highest BCUT2D eigenvalue weighted by atomic mass is 32.2. The summed E-state index contributed by atoms with van der Waals surface area (Å²) in [5.74, 6) is -0.427. The number of imidazole rings is 1. The van der Waals surface area contributed by atoms with Gasteiger partial charge in [0.25, 0.3) is 5.56 Å². The van der Waals surface area contributed by atoms with Crippen molar-refractivity contribution in [2.45, 2.75) is 56.6 Å². The fourth-order valence-electron chi connectivity index (χ4n) is 4.58. The molecule has 1 aliphatic heterocycles. The highest BCUT2D eigenvalue weighted by Gasteiger charge is 2.35. The average Bonchev–Trinajstić information content (AvgIpc) is 3.20. The first-order chi connectivity index (χ1) is 16.0. The van der Waals surface area contributed by atoms with E-state index in [2.05, 4.69) is 10.3 Å². The van der Waals surface area contributed by atoms with E-state index in [1.54, 1.807) is 16.4 Å². The number of amides is 1. The summed E-state index contributed by atoms with van der Waals surface area (Å²) in [6.07, 6.45) is 4.01. The molecule has 1 aromatic carbocycles. The van der Waals surface area contributed by atoms with Crippen LogP contribution in [0, 0.1) is 0 Å². The molecule has 0 saturated carbocycles. The second-order valence-electron chi connectivity index (χ2n) is 8.79. The van der Waals surface area contributed by atoms with Gasteiger partial charge in [-0.15, -0.1) is 0 Å². The van der Waals surface area contributed by atoms with E-state index in [9.17, 15) is 22.8 Å². The van der Waals surface area contributed by atoms with Crippen molar-refractivity contribution >= 4 is 32.8 Å². The van der Waals surface area contributed by atoms with Gasteiger partial charge < -0.3 is 9.88 Å². The van der Waals surface area contributed by atoms with Crippen molar-refractivity contribution in [1.82, 2.24) is 23.0 Å². The molecule has 0 spiro atoms. The first kappa shape index (κ1) is 23.9. The highest BCUT2D eigenvalue weighted by molar-refractivity contribution is 7.89. The molecule has 4 rings (SSSR count). The molecule has 1 N–H and O–H groups in total. The Morgan fingerprint density at radius 2 is 1.68 bits per heavy atom. The Bertz CT molecular complexity index is 1460. The Morgan fingerprint density at radius 1 is 1.06 bits per heavy atom. The van der Waals surface area contributed by atoms with Crippen LogP contribution in [-0.4, -0.2) is 49.4 Å². The molecule has 11 nitrogen and oxygen atoms in total. The summed E-state index contributed by atoms with van der Waals surface area (Å²) in [6, 6.07) is 5.92. The number of benzene rings is 1. The number of aryl methyl sites for hydroxylation is 1. The standard InChI is InChI=1S/C22H28N6O5S/c1-14-6-5-7-15(2)28(14)34(32,33)17-10-8-16(9-11-17)24-18(29)12-27-13-23-20-19(27)21(30)26(4)22(31)25(20)3/h8-11,13-15H,5-7,12H2,1-4H3,(H,24,29). The molecule has 2 unspecified atom stereocenters. The Hall–Kier alpha value is -3.25. The van der Waals surface area contributed by atoms with E-state index in [0.29, 0.717) is 5.69 Å². The largest absolute Gasteiger partial charge is 0.332 e. The SMILES string of the molecule is CC1CCCC(C)N1S(=O)(=O)c1ccc(NC(=O)Cn2cnc3c2c(=O)n(C)c(=O)n3C)cc1. The topological polar surface area (TPSA) is 128 Å². The summed E-state index contributed by atoms with van der Waals surface area (Å²) >= 11 is 0. The number of hydrogen-bond acceptors (Lipinski definition) is 6. The van der Waals surface area contributed by atoms with Gasteiger partial charge in [-0.1, -0.05) is 6.42 Å². The zero-order chi connectivity index (χ0) is 24.8. The van der Waals surface area contributed by atoms with Crippen LogP contribution in [0.1, 0.15) is 33.1 Å². The molecular formula is C22H28N6O5S. The monoisotopic (exact) mass is 488 g/mol. The maximum absolute atomic E-state index is 13.2. The van der Waals surface area contributed by atoms with Crippen molar-refractivity contribution < 1.29 is 13.2 Å². The molecule has 2 atom stereocenters. The third-order valence-corrected chi connectivity index (χ3v) is 8.50. The highest BCUT2D eigenvalue weighted by Crippen LogP contribution is 2.30. The van der Waals surface area contributed by atoms with Crippen molar-refractivity contribution in [3.63, 3.8) is 0 Å². The molecule has 1 amide bonds. The van der Waals surface area contributed by atoms with Gasteiger partial charge in [-0.05, 0) is 51.0 Å². The first-order valence-corrected chi connectivity index (χ1v) is 12.5. The maximum Gasteiger partial charge on any atom is 0.332 e. The Labute approximate surface area is 196 Å². The molecule has 3 aromatic rings. The maximum atomic E-state index is 13.2. The van der Waals surface area contributed by atoms with Gasteiger partial charge in [0.05, 0.1) is 11.2 Å². The molecular weight excluding hydrogens is 460 g/mol. The van der Waals surface area contributed by atoms with Crippen LogP contribution in [0.5, 0.6) is 0 Å². The van der Waals surface area contributed by atoms with Crippen LogP contribution in [0.25, 0.3) is 11.2 Å². The van der Waals surface area contributed by atoms with Gasteiger partial charge in [0.1, 0.15) is 6.54 Å². The van der Waals surface area contributed by atoms with Crippen LogP contribution in [0.2, 0.25) is 0 Å². The molecule has 3 heterocycles. The second kappa shape index (κ2) is 8.84. The third-order valence-electron chi connectivity index (χ3n) is 6.36. The molecule has 12 heteroatoms. The van der Waals surface area contributed by atoms with E-state index >= 15 is 0 Å². The lowest BCUT2D eigenvalue weighted by Gasteiger charge is -2.37. The van der Waals surface area contributed by atoms with Gasteiger partial charge in [0, 0.05) is 31.9 Å². The lowest BCUT2D eigenvalue weighted by Crippen LogP contribution is -2.47. The van der Waals surface area contributed by atoms with Crippen LogP contribution < -0.4 is 16.6 Å². The van der Waals surface area contributed by atoms with Gasteiger partial charge in [0.2, 0.25) is 15.9 Å². The zero-order valence-corrected chi connectivity index (χ0v) is 20.4. The van der Waals surface area contributed by atoms with Crippen molar-refractivity contribution in [3.8, 4) is 0 Å². The Morgan fingerprint density at radius 3 is 2.29 bits per heavy atom. The Kier molecular flexibility index (Phi) is 6.21. The van der Waals surface area contributed by atoms with Crippen LogP contribution in [0.15, 0.2) is 45.1 Å². The van der Waals surface area contributed by atoms with E-state index in [-0.39, 0.29) is 34.7 Å². The van der Waals surface area contributed by atoms with Gasteiger partial charge in [-0.25, -0.2) is 18.2 Å². The van der Waals surface area contributed by atoms with E-state index in [0.717, 1.165) is 23.8 Å². The molecule has 1 fully saturated rings. The van der Waals surface area contributed by atoms with Gasteiger partial charge in [-0.3, -0.25) is 18.7 Å². The summed E-state index contributed by atoms with van der Waals surface area (Å²) in [5.41, 5.74) is -0.286. The fraction of sp³-hybridized carbons (Fsp3) is 0.455. The van der Waals surface area contributed by atoms with E-state index in [1.165, 1.54) is 41.7 Å². The third kappa shape index (κ3) is 4.07. The number of carbonyl (C=O) groups is 1. The summed E-state index contributed by atoms with van der Waals surface area (Å²) in [4.78, 5) is 41.5. The number of anilines is 1. The minimum absolute atomic E-state index is 0.0645. The number of hydrogen-bond donors (Lipinski definition) is 1. The number of aromatic nitrogens is 4. The number of nitrogens with one attached hydrogen (secondary N) is 1. The predicted octanol–water partition coefficient (Wildman–Crippen LogP) is 1.02. The molecule has 1 aliphatic rings. The lowest BCUT2D eigenvalue weighted by atomic mass is 10.0. The molecule has 34 heavy (non-hydrogen) atoms. The van der Waals surface area contributed by atoms with E-state index < -0.39 is 27.2 Å². The summed E-state index contributed by atoms with van der Waals surface area (Å²) in [7, 11) is -0.778. The number of carbonyl (C=O) groups excluding carboxylic acids is 1. The summed E-state index contributed by atoms with van der Waals surface area (Å²) in [5, 5.41) is 2.71. The van der Waals surface area contributed by atoms with Crippen LogP contribution in [0.4, 0.5) is 5.69 Å². The van der Waals surface area contributed by atoms with Crippen molar-refractivity contribution in [2.24, 2.45) is 14.1 Å². The van der Waals surface area contributed by atoms with Crippen LogP contribution in [0.3, 0.4) is 0 Å². The average molecular weight is 489 g/mol. The van der Waals surface area contributed by atoms with Gasteiger partial charge in [0.15, 0.2) is 11.2 Å². The van der Waals surface area contributed by atoms with E-state index in [1.807, 2.05) is 13.8 Å². The minimum Gasteiger partial charge on any atom is -0.325 e. The normalized spacial score (nSPS) is 19.4. The lowest BCUT2D eigenvalue weighted by molar-refractivity contribution is -0.116. The van der Waals surface area contributed by atoms with Gasteiger partial charge >= 0.3 is 5.69 Å². The number of nitrogens with zero attached hydrogens (tertiary/aromatic N) is 5. The number of sulfonamides is 1. The number of rotatable bonds is 5. The predicted molar refractivity (Wildman–Crippen MR) is 127 cm³/mol.